The van der Waals surface area contributed by atoms with E-state index in [2.05, 4.69) is 5.10 Å². The number of aromatic nitrogens is 2. The van der Waals surface area contributed by atoms with Gasteiger partial charge in [0.25, 0.3) is 0 Å². The fourth-order valence-corrected chi connectivity index (χ4v) is 2.43. The van der Waals surface area contributed by atoms with Crippen molar-refractivity contribution in [2.45, 2.75) is 24.6 Å². The first-order chi connectivity index (χ1) is 10.8. The second-order valence-electron chi connectivity index (χ2n) is 4.94. The van der Waals surface area contributed by atoms with Crippen molar-refractivity contribution in [3.63, 3.8) is 0 Å². The van der Waals surface area contributed by atoms with Crippen LogP contribution in [0.4, 0.5) is 22.0 Å². The van der Waals surface area contributed by atoms with Gasteiger partial charge in [0.1, 0.15) is 0 Å². The molecule has 0 saturated heterocycles. The Bertz CT molecular complexity index is 729. The third-order valence-electron chi connectivity index (χ3n) is 3.47. The number of halogens is 5. The van der Waals surface area contributed by atoms with Crippen molar-refractivity contribution in [2.24, 2.45) is 0 Å². The summed E-state index contributed by atoms with van der Waals surface area (Å²) < 4.78 is 71.3. The van der Waals surface area contributed by atoms with Gasteiger partial charge in [0.15, 0.2) is 24.1 Å². The lowest BCUT2D eigenvalue weighted by atomic mass is 10.1. The minimum Gasteiger partial charge on any atom is -0.450 e. The van der Waals surface area contributed by atoms with Gasteiger partial charge < -0.3 is 4.74 Å². The summed E-state index contributed by atoms with van der Waals surface area (Å²) in [6.07, 6.45) is -11.7. The fourth-order valence-electron chi connectivity index (χ4n) is 2.43. The predicted octanol–water partition coefficient (Wildman–Crippen LogP) is 3.69. The molecular weight excluding hydrogens is 323 g/mol. The lowest BCUT2D eigenvalue weighted by molar-refractivity contribution is -0.143. The molecule has 1 aliphatic carbocycles. The number of fused-ring (bicyclic) bond motifs is 1. The molecule has 1 aromatic heterocycles. The summed E-state index contributed by atoms with van der Waals surface area (Å²) >= 11 is 0. The third kappa shape index (κ3) is 2.55. The highest BCUT2D eigenvalue weighted by Gasteiger charge is 2.52. The number of rotatable bonds is 2. The summed E-state index contributed by atoms with van der Waals surface area (Å²) in [5.74, 6) is -1.05. The lowest BCUT2D eigenvalue weighted by Gasteiger charge is -2.17. The maximum atomic E-state index is 14.0. The van der Waals surface area contributed by atoms with Crippen LogP contribution in [0.5, 0.6) is 0 Å². The molecule has 3 atom stereocenters. The molecule has 1 aliphatic rings. The Morgan fingerprint density at radius 3 is 2.43 bits per heavy atom. The van der Waals surface area contributed by atoms with Crippen molar-refractivity contribution in [1.29, 1.82) is 0 Å². The van der Waals surface area contributed by atoms with Crippen molar-refractivity contribution < 1.29 is 31.5 Å². The monoisotopic (exact) mass is 332 g/mol. The van der Waals surface area contributed by atoms with Crippen LogP contribution in [0.2, 0.25) is 0 Å². The van der Waals surface area contributed by atoms with Crippen molar-refractivity contribution in [2.75, 3.05) is 0 Å². The van der Waals surface area contributed by atoms with Gasteiger partial charge in [0, 0.05) is 0 Å². The molecule has 0 radical (unpaired) electrons. The van der Waals surface area contributed by atoms with E-state index in [1.807, 2.05) is 5.10 Å². The molecular formula is C14H9F5N2O2. The van der Waals surface area contributed by atoms with E-state index in [-0.39, 0.29) is 5.56 Å². The Morgan fingerprint density at radius 1 is 1.17 bits per heavy atom. The van der Waals surface area contributed by atoms with Crippen LogP contribution in [0.1, 0.15) is 39.6 Å². The van der Waals surface area contributed by atoms with Gasteiger partial charge in [0.2, 0.25) is 0 Å². The summed E-state index contributed by atoms with van der Waals surface area (Å²) in [7, 11) is 0. The zero-order chi connectivity index (χ0) is 16.8. The summed E-state index contributed by atoms with van der Waals surface area (Å²) in [4.78, 5) is 11.9. The zero-order valence-corrected chi connectivity index (χ0v) is 11.3. The number of carbonyl (C=O) groups excluding carboxylic acids is 1. The van der Waals surface area contributed by atoms with Gasteiger partial charge in [-0.3, -0.25) is 5.10 Å². The van der Waals surface area contributed by atoms with E-state index in [0.717, 1.165) is 0 Å². The number of nitrogens with one attached hydrogen (secondary N) is 1. The van der Waals surface area contributed by atoms with E-state index >= 15 is 0 Å². The molecule has 1 heterocycles. The molecule has 4 nitrogen and oxygen atoms in total. The van der Waals surface area contributed by atoms with Gasteiger partial charge >= 0.3 is 12.1 Å². The predicted molar refractivity (Wildman–Crippen MR) is 66.9 cm³/mol. The number of nitrogens with zero attached hydrogens (tertiary/aromatic N) is 1. The molecule has 1 aromatic carbocycles. The van der Waals surface area contributed by atoms with Crippen LogP contribution in [0.25, 0.3) is 0 Å². The molecule has 0 saturated carbocycles. The topological polar surface area (TPSA) is 55.0 Å². The number of aromatic amines is 1. The van der Waals surface area contributed by atoms with Crippen LogP contribution in [0.3, 0.4) is 0 Å². The Kier molecular flexibility index (Phi) is 3.57. The number of esters is 1. The van der Waals surface area contributed by atoms with Crippen LogP contribution < -0.4 is 0 Å². The largest absolute Gasteiger partial charge is 0.450 e. The summed E-state index contributed by atoms with van der Waals surface area (Å²) in [6, 6.07) is 7.30. The Labute approximate surface area is 126 Å². The molecule has 1 N–H and O–H groups in total. The number of carbonyl (C=O) groups is 1. The van der Waals surface area contributed by atoms with Gasteiger partial charge in [-0.1, -0.05) is 18.2 Å². The van der Waals surface area contributed by atoms with E-state index in [9.17, 15) is 26.7 Å². The normalized spacial score (nSPS) is 23.6. The van der Waals surface area contributed by atoms with E-state index in [4.69, 9.17) is 4.74 Å². The molecule has 0 aliphatic heterocycles. The molecule has 2 aromatic rings. The highest BCUT2D eigenvalue weighted by Crippen LogP contribution is 2.49. The first-order valence-electron chi connectivity index (χ1n) is 6.50. The highest BCUT2D eigenvalue weighted by atomic mass is 19.4. The van der Waals surface area contributed by atoms with Gasteiger partial charge in [-0.2, -0.15) is 18.3 Å². The first kappa shape index (κ1) is 15.4. The second kappa shape index (κ2) is 5.32. The molecule has 9 heteroatoms. The Morgan fingerprint density at radius 2 is 1.83 bits per heavy atom. The van der Waals surface area contributed by atoms with Crippen LogP contribution in [0, 0.1) is 0 Å². The molecule has 3 rings (SSSR count). The Balaban J connectivity index is 1.95. The van der Waals surface area contributed by atoms with E-state index in [0.29, 0.717) is 0 Å². The van der Waals surface area contributed by atoms with Gasteiger partial charge in [0.05, 0.1) is 16.8 Å². The molecule has 0 amide bonds. The van der Waals surface area contributed by atoms with Crippen molar-refractivity contribution in [3.8, 4) is 0 Å². The van der Waals surface area contributed by atoms with Crippen LogP contribution in [-0.2, 0) is 10.9 Å². The number of H-pyrrole nitrogens is 1. The average molecular weight is 332 g/mol. The Hall–Kier alpha value is -2.45. The number of hydrogen-bond acceptors (Lipinski definition) is 3. The van der Waals surface area contributed by atoms with Crippen LogP contribution >= 0.6 is 0 Å². The molecule has 0 fully saturated rings. The molecule has 122 valence electrons. The number of ether oxygens (including phenoxy) is 1. The number of hydrogen-bond donors (Lipinski definition) is 1. The number of alkyl halides is 5. The summed E-state index contributed by atoms with van der Waals surface area (Å²) in [5, 5.41) is 4.82. The van der Waals surface area contributed by atoms with Crippen LogP contribution in [-0.4, -0.2) is 22.3 Å². The maximum absolute atomic E-state index is 14.0. The molecule has 23 heavy (non-hydrogen) atoms. The summed E-state index contributed by atoms with van der Waals surface area (Å²) in [5.41, 5.74) is -2.93. The smallest absolute Gasteiger partial charge is 0.435 e. The van der Waals surface area contributed by atoms with Crippen molar-refractivity contribution in [3.05, 3.63) is 52.8 Å². The van der Waals surface area contributed by atoms with E-state index < -0.39 is 47.5 Å². The quantitative estimate of drug-likeness (QED) is 0.674. The summed E-state index contributed by atoms with van der Waals surface area (Å²) in [6.45, 7) is 0. The maximum Gasteiger partial charge on any atom is 0.435 e. The number of benzene rings is 1. The van der Waals surface area contributed by atoms with Gasteiger partial charge in [-0.05, 0) is 12.1 Å². The average Bonchev–Trinajstić information content (AvgIpc) is 3.04. The SMILES string of the molecule is O=C(O[C@H]1c2c(C(F)(F)F)n[nH]c2[C@H](F)[C@H]1F)c1ccccc1. The molecule has 0 spiro atoms. The van der Waals surface area contributed by atoms with E-state index in [1.54, 1.807) is 6.07 Å². The van der Waals surface area contributed by atoms with Crippen molar-refractivity contribution in [1.82, 2.24) is 10.2 Å². The van der Waals surface area contributed by atoms with Crippen LogP contribution in [0.15, 0.2) is 30.3 Å². The van der Waals surface area contributed by atoms with Crippen molar-refractivity contribution >= 4 is 5.97 Å². The molecule has 0 bridgehead atoms. The molecule has 0 unspecified atom stereocenters. The highest BCUT2D eigenvalue weighted by molar-refractivity contribution is 5.89. The third-order valence-corrected chi connectivity index (χ3v) is 3.47. The van der Waals surface area contributed by atoms with Gasteiger partial charge in [-0.25, -0.2) is 13.6 Å². The minimum atomic E-state index is -4.93. The standard InChI is InChI=1S/C14H9F5N2O2/c15-8-9(16)11(23-13(22)6-4-2-1-3-5-6)7-10(8)20-21-12(7)14(17,18)19/h1-5,8-9,11H,(H,20,21)/t8-,9-,11+/m1/s1. The first-order valence-corrected chi connectivity index (χ1v) is 6.50. The minimum absolute atomic E-state index is 0.0145. The second-order valence-corrected chi connectivity index (χ2v) is 4.94. The lowest BCUT2D eigenvalue weighted by Crippen LogP contribution is -2.21. The van der Waals surface area contributed by atoms with E-state index in [1.165, 1.54) is 24.3 Å². The zero-order valence-electron chi connectivity index (χ0n) is 11.3. The fraction of sp³-hybridized carbons (Fsp3) is 0.286. The van der Waals surface area contributed by atoms with Gasteiger partial charge in [-0.15, -0.1) is 0 Å².